The van der Waals surface area contributed by atoms with Crippen molar-refractivity contribution in [3.05, 3.63) is 5.56 Å². The lowest BCUT2D eigenvalue weighted by atomic mass is 10.0. The number of hydrogen-bond acceptors (Lipinski definition) is 5. The van der Waals surface area contributed by atoms with Crippen LogP contribution in [-0.4, -0.2) is 30.0 Å². The highest BCUT2D eigenvalue weighted by molar-refractivity contribution is 5.69. The maximum Gasteiger partial charge on any atom is 0.211 e. The summed E-state index contributed by atoms with van der Waals surface area (Å²) >= 11 is 0. The minimum absolute atomic E-state index is 0.144. The van der Waals surface area contributed by atoms with Crippen LogP contribution in [-0.2, 0) is 6.42 Å². The predicted octanol–water partition coefficient (Wildman–Crippen LogP) is 6.37. The van der Waals surface area contributed by atoms with Gasteiger partial charge in [-0.2, -0.15) is 0 Å². The number of hydrogen-bond donors (Lipinski definition) is 2. The second-order valence-electron chi connectivity index (χ2n) is 7.23. The Morgan fingerprint density at radius 3 is 1.61 bits per heavy atom. The first-order chi connectivity index (χ1) is 13.6. The molecule has 0 aromatic heterocycles. The Kier molecular flexibility index (Phi) is 12.3. The van der Waals surface area contributed by atoms with Gasteiger partial charge in [0.25, 0.3) is 0 Å². The lowest BCUT2D eigenvalue weighted by Gasteiger charge is -2.22. The van der Waals surface area contributed by atoms with E-state index < -0.39 is 0 Å². The van der Waals surface area contributed by atoms with Crippen LogP contribution in [0.4, 0.5) is 0 Å². The number of ether oxygens (including phenoxy) is 3. The standard InChI is InChI=1S/C23H40O5/c1-5-9-10-11-12-13-14-18-19(24)20(25)22(27-16-7-3)23(28-17-8-4)21(18)26-15-6-2/h24-25H,5-17H2,1-4H3. The quantitative estimate of drug-likeness (QED) is 0.251. The van der Waals surface area contributed by atoms with Crippen LogP contribution in [0.15, 0.2) is 0 Å². The molecule has 0 radical (unpaired) electrons. The van der Waals surface area contributed by atoms with E-state index in [1.807, 2.05) is 20.8 Å². The molecule has 0 spiro atoms. The summed E-state index contributed by atoms with van der Waals surface area (Å²) in [5.41, 5.74) is 0.622. The smallest absolute Gasteiger partial charge is 0.211 e. The van der Waals surface area contributed by atoms with Crippen molar-refractivity contribution in [1.29, 1.82) is 0 Å². The van der Waals surface area contributed by atoms with Gasteiger partial charge in [-0.15, -0.1) is 0 Å². The largest absolute Gasteiger partial charge is 0.504 e. The molecule has 162 valence electrons. The van der Waals surface area contributed by atoms with Crippen LogP contribution >= 0.6 is 0 Å². The minimum Gasteiger partial charge on any atom is -0.504 e. The molecule has 5 heteroatoms. The first kappa shape index (κ1) is 24.3. The molecule has 5 nitrogen and oxygen atoms in total. The molecule has 28 heavy (non-hydrogen) atoms. The lowest BCUT2D eigenvalue weighted by molar-refractivity contribution is 0.230. The molecule has 1 aromatic carbocycles. The topological polar surface area (TPSA) is 68.2 Å². The number of phenolic OH excluding ortho intramolecular Hbond substituents is 2. The fourth-order valence-electron chi connectivity index (χ4n) is 3.05. The van der Waals surface area contributed by atoms with Gasteiger partial charge in [0.1, 0.15) is 0 Å². The van der Waals surface area contributed by atoms with Crippen LogP contribution in [0.3, 0.4) is 0 Å². The van der Waals surface area contributed by atoms with Crippen LogP contribution in [0.25, 0.3) is 0 Å². The molecule has 0 atom stereocenters. The summed E-state index contributed by atoms with van der Waals surface area (Å²) in [6, 6.07) is 0. The highest BCUT2D eigenvalue weighted by Crippen LogP contribution is 2.53. The van der Waals surface area contributed by atoms with Crippen molar-refractivity contribution < 1.29 is 24.4 Å². The van der Waals surface area contributed by atoms with Crippen molar-refractivity contribution in [3.8, 4) is 28.7 Å². The molecule has 0 fully saturated rings. The maximum atomic E-state index is 10.7. The van der Waals surface area contributed by atoms with Gasteiger partial charge in [0, 0.05) is 5.56 Å². The summed E-state index contributed by atoms with van der Waals surface area (Å²) in [5, 5.41) is 21.3. The first-order valence-electron chi connectivity index (χ1n) is 11.1. The van der Waals surface area contributed by atoms with E-state index in [0.717, 1.165) is 32.1 Å². The molecule has 2 N–H and O–H groups in total. The maximum absolute atomic E-state index is 10.7. The van der Waals surface area contributed by atoms with Crippen molar-refractivity contribution >= 4 is 0 Å². The molecule has 0 heterocycles. The average Bonchev–Trinajstić information content (AvgIpc) is 2.70. The number of unbranched alkanes of at least 4 members (excludes halogenated alkanes) is 5. The Labute approximate surface area is 171 Å². The van der Waals surface area contributed by atoms with Crippen LogP contribution in [0.5, 0.6) is 28.7 Å². The summed E-state index contributed by atoms with van der Waals surface area (Å²) in [7, 11) is 0. The molecule has 0 bridgehead atoms. The van der Waals surface area contributed by atoms with E-state index in [2.05, 4.69) is 6.92 Å². The Morgan fingerprint density at radius 2 is 1.04 bits per heavy atom. The molecule has 0 aliphatic carbocycles. The van der Waals surface area contributed by atoms with Gasteiger partial charge in [-0.3, -0.25) is 0 Å². The molecule has 0 aliphatic rings. The van der Waals surface area contributed by atoms with E-state index in [-0.39, 0.29) is 17.2 Å². The zero-order valence-corrected chi connectivity index (χ0v) is 18.3. The van der Waals surface area contributed by atoms with Gasteiger partial charge < -0.3 is 24.4 Å². The van der Waals surface area contributed by atoms with E-state index in [0.29, 0.717) is 43.3 Å². The normalized spacial score (nSPS) is 10.9. The van der Waals surface area contributed by atoms with Crippen molar-refractivity contribution in [3.63, 3.8) is 0 Å². The van der Waals surface area contributed by atoms with Gasteiger partial charge in [0.2, 0.25) is 17.2 Å². The minimum atomic E-state index is -0.246. The molecule has 1 rings (SSSR count). The summed E-state index contributed by atoms with van der Waals surface area (Å²) in [4.78, 5) is 0. The molecule has 0 saturated carbocycles. The van der Waals surface area contributed by atoms with Crippen molar-refractivity contribution in [2.45, 2.75) is 91.9 Å². The second-order valence-corrected chi connectivity index (χ2v) is 7.23. The third kappa shape index (κ3) is 7.33. The molecule has 0 saturated heterocycles. The van der Waals surface area contributed by atoms with Gasteiger partial charge in [0.15, 0.2) is 11.5 Å². The summed E-state index contributed by atoms with van der Waals surface area (Å²) in [5.74, 6) is 0.731. The Balaban J connectivity index is 3.16. The van der Waals surface area contributed by atoms with Gasteiger partial charge in [-0.25, -0.2) is 0 Å². The highest BCUT2D eigenvalue weighted by Gasteiger charge is 2.27. The van der Waals surface area contributed by atoms with Crippen LogP contribution in [0.1, 0.15) is 91.0 Å². The van der Waals surface area contributed by atoms with E-state index >= 15 is 0 Å². The number of rotatable bonds is 16. The van der Waals surface area contributed by atoms with Gasteiger partial charge in [-0.1, -0.05) is 59.8 Å². The summed E-state index contributed by atoms with van der Waals surface area (Å²) < 4.78 is 17.6. The van der Waals surface area contributed by atoms with Crippen molar-refractivity contribution in [2.75, 3.05) is 19.8 Å². The predicted molar refractivity (Wildman–Crippen MR) is 114 cm³/mol. The monoisotopic (exact) mass is 396 g/mol. The molecular weight excluding hydrogens is 356 g/mol. The molecule has 1 aromatic rings. The SMILES string of the molecule is CCCCCCCCc1c(O)c(O)c(OCCC)c(OCCC)c1OCCC. The number of benzene rings is 1. The Bertz CT molecular complexity index is 557. The second kappa shape index (κ2) is 14.3. The van der Waals surface area contributed by atoms with Gasteiger partial charge in [0.05, 0.1) is 19.8 Å². The zero-order chi connectivity index (χ0) is 20.8. The zero-order valence-electron chi connectivity index (χ0n) is 18.3. The number of phenols is 2. The average molecular weight is 397 g/mol. The van der Waals surface area contributed by atoms with E-state index in [4.69, 9.17) is 14.2 Å². The van der Waals surface area contributed by atoms with E-state index in [1.54, 1.807) is 0 Å². The molecular formula is C23H40O5. The molecule has 0 amide bonds. The van der Waals surface area contributed by atoms with Crippen molar-refractivity contribution in [1.82, 2.24) is 0 Å². The third-order valence-corrected chi connectivity index (χ3v) is 4.54. The van der Waals surface area contributed by atoms with E-state index in [9.17, 15) is 10.2 Å². The van der Waals surface area contributed by atoms with Crippen molar-refractivity contribution in [2.24, 2.45) is 0 Å². The summed E-state index contributed by atoms with van der Waals surface area (Å²) in [6.45, 7) is 9.70. The van der Waals surface area contributed by atoms with Gasteiger partial charge in [-0.05, 0) is 32.1 Å². The van der Waals surface area contributed by atoms with Gasteiger partial charge >= 0.3 is 0 Å². The molecule has 0 aliphatic heterocycles. The van der Waals surface area contributed by atoms with Crippen LogP contribution < -0.4 is 14.2 Å². The first-order valence-corrected chi connectivity index (χ1v) is 11.1. The third-order valence-electron chi connectivity index (χ3n) is 4.54. The fourth-order valence-corrected chi connectivity index (χ4v) is 3.05. The molecule has 0 unspecified atom stereocenters. The summed E-state index contributed by atoms with van der Waals surface area (Å²) in [6.07, 6.45) is 10.0. The van der Waals surface area contributed by atoms with E-state index in [1.165, 1.54) is 25.7 Å². The number of aromatic hydroxyl groups is 2. The Hall–Kier alpha value is -1.78. The highest BCUT2D eigenvalue weighted by atomic mass is 16.5. The Morgan fingerprint density at radius 1 is 0.536 bits per heavy atom. The lowest BCUT2D eigenvalue weighted by Crippen LogP contribution is -2.08. The fraction of sp³-hybridized carbons (Fsp3) is 0.739. The van der Waals surface area contributed by atoms with Crippen LogP contribution in [0.2, 0.25) is 0 Å². The van der Waals surface area contributed by atoms with Crippen LogP contribution in [0, 0.1) is 0 Å².